The third kappa shape index (κ3) is 3.83. The normalized spacial score (nSPS) is 10.8. The molecule has 4 aromatic heterocycles. The summed E-state index contributed by atoms with van der Waals surface area (Å²) in [4.78, 5) is 8.61. The van der Waals surface area contributed by atoms with Crippen molar-refractivity contribution in [1.29, 1.82) is 0 Å². The number of H-pyrrole nitrogens is 2. The number of pyridine rings is 2. The van der Waals surface area contributed by atoms with E-state index in [1.165, 1.54) is 0 Å². The molecule has 0 aliphatic heterocycles. The molecule has 7 nitrogen and oxygen atoms in total. The fraction of sp³-hybridized carbons (Fsp3) is 0.333. The van der Waals surface area contributed by atoms with Crippen LogP contribution in [0, 0.1) is 0 Å². The van der Waals surface area contributed by atoms with Crippen molar-refractivity contribution in [3.8, 4) is 0 Å². The average Bonchev–Trinajstić information content (AvgIpc) is 3.23. The van der Waals surface area contributed by atoms with Gasteiger partial charge in [-0.2, -0.15) is 10.2 Å². The lowest BCUT2D eigenvalue weighted by Gasteiger charge is -2.03. The van der Waals surface area contributed by atoms with E-state index in [0.717, 1.165) is 33.2 Å². The lowest BCUT2D eigenvalue weighted by molar-refractivity contribution is 0.824. The summed E-state index contributed by atoms with van der Waals surface area (Å²) in [5, 5.41) is 16.1. The Morgan fingerprint density at radius 1 is 0.720 bits per heavy atom. The second-order valence-electron chi connectivity index (χ2n) is 6.37. The fourth-order valence-corrected chi connectivity index (χ4v) is 2.65. The predicted octanol–water partition coefficient (Wildman–Crippen LogP) is 3.34. The van der Waals surface area contributed by atoms with E-state index in [2.05, 4.69) is 58.1 Å². The molecule has 0 radical (unpaired) electrons. The van der Waals surface area contributed by atoms with E-state index in [1.807, 2.05) is 36.9 Å². The second-order valence-corrected chi connectivity index (χ2v) is 6.37. The van der Waals surface area contributed by atoms with Crippen LogP contribution in [-0.2, 0) is 0 Å². The van der Waals surface area contributed by atoms with Crippen LogP contribution in [0.4, 0.5) is 0 Å². The van der Waals surface area contributed by atoms with Crippen molar-refractivity contribution < 1.29 is 5.48 Å². The van der Waals surface area contributed by atoms with Gasteiger partial charge in [0, 0.05) is 23.2 Å². The first-order valence-electron chi connectivity index (χ1n) is 8.14. The maximum absolute atomic E-state index is 4.31. The second kappa shape index (κ2) is 7.85. The molecule has 4 N–H and O–H groups in total. The van der Waals surface area contributed by atoms with Crippen LogP contribution in [0.25, 0.3) is 21.8 Å². The van der Waals surface area contributed by atoms with Gasteiger partial charge in [-0.25, -0.2) is 0 Å². The zero-order chi connectivity index (χ0) is 17.1. The summed E-state index contributed by atoms with van der Waals surface area (Å²) < 4.78 is 0. The first-order valence-corrected chi connectivity index (χ1v) is 8.14. The first-order chi connectivity index (χ1) is 11.6. The first kappa shape index (κ1) is 18.5. The van der Waals surface area contributed by atoms with Gasteiger partial charge in [-0.05, 0) is 24.0 Å². The average molecular weight is 340 g/mol. The number of aromatic nitrogens is 6. The van der Waals surface area contributed by atoms with Crippen LogP contribution in [-0.4, -0.2) is 35.8 Å². The number of hydrogen-bond donors (Lipinski definition) is 2. The van der Waals surface area contributed by atoms with Gasteiger partial charge >= 0.3 is 0 Å². The molecule has 0 saturated heterocycles. The fourth-order valence-electron chi connectivity index (χ4n) is 2.65. The number of hydrogen-bond acceptors (Lipinski definition) is 4. The van der Waals surface area contributed by atoms with Crippen molar-refractivity contribution in [1.82, 2.24) is 30.4 Å². The Balaban J connectivity index is 0.000000173. The third-order valence-corrected chi connectivity index (χ3v) is 3.88. The molecule has 0 fully saturated rings. The minimum absolute atomic E-state index is 0. The summed E-state index contributed by atoms with van der Waals surface area (Å²) in [7, 11) is 0. The van der Waals surface area contributed by atoms with Crippen LogP contribution in [0.15, 0.2) is 36.9 Å². The van der Waals surface area contributed by atoms with Crippen LogP contribution in [0.5, 0.6) is 0 Å². The summed E-state index contributed by atoms with van der Waals surface area (Å²) in [6.45, 7) is 8.51. The molecule has 0 unspecified atom stereocenters. The SMILES string of the molecule is CC(C)c1nccc2cn[nH]c12.CC(C)c1nccc2cn[nH]c12.O. The molecule has 0 amide bonds. The molecular weight excluding hydrogens is 316 g/mol. The standard InChI is InChI=1S/2C9H11N3.H2O/c2*1-6(2)8-9-7(3-4-10-8)5-11-12-9;/h2*3-6H,1-2H3,(H,11,12);1H2. The maximum atomic E-state index is 4.31. The van der Waals surface area contributed by atoms with E-state index in [1.54, 1.807) is 0 Å². The van der Waals surface area contributed by atoms with Gasteiger partial charge in [0.25, 0.3) is 0 Å². The van der Waals surface area contributed by atoms with Crippen molar-refractivity contribution in [3.05, 3.63) is 48.3 Å². The van der Waals surface area contributed by atoms with Crippen molar-refractivity contribution in [3.63, 3.8) is 0 Å². The molecule has 0 atom stereocenters. The van der Waals surface area contributed by atoms with Gasteiger partial charge in [0.05, 0.1) is 34.8 Å². The third-order valence-electron chi connectivity index (χ3n) is 3.88. The number of nitrogens with zero attached hydrogens (tertiary/aromatic N) is 4. The molecule has 4 rings (SSSR count). The Labute approximate surface area is 146 Å². The van der Waals surface area contributed by atoms with E-state index < -0.39 is 0 Å². The predicted molar refractivity (Wildman–Crippen MR) is 99.6 cm³/mol. The summed E-state index contributed by atoms with van der Waals surface area (Å²) in [5.41, 5.74) is 4.30. The van der Waals surface area contributed by atoms with Crippen LogP contribution < -0.4 is 0 Å². The number of nitrogens with one attached hydrogen (secondary N) is 2. The smallest absolute Gasteiger partial charge is 0.0868 e. The largest absolute Gasteiger partial charge is 0.412 e. The summed E-state index contributed by atoms with van der Waals surface area (Å²) >= 11 is 0. The highest BCUT2D eigenvalue weighted by Gasteiger charge is 2.07. The summed E-state index contributed by atoms with van der Waals surface area (Å²) in [6, 6.07) is 3.93. The Kier molecular flexibility index (Phi) is 5.82. The molecule has 0 saturated carbocycles. The highest BCUT2D eigenvalue weighted by molar-refractivity contribution is 5.80. The molecule has 132 valence electrons. The van der Waals surface area contributed by atoms with Crippen LogP contribution in [0.2, 0.25) is 0 Å². The lowest BCUT2D eigenvalue weighted by atomic mass is 10.1. The minimum atomic E-state index is 0. The Hall–Kier alpha value is -2.80. The van der Waals surface area contributed by atoms with Gasteiger partial charge in [0.2, 0.25) is 0 Å². The van der Waals surface area contributed by atoms with Crippen LogP contribution in [0.3, 0.4) is 0 Å². The molecule has 4 heterocycles. The maximum Gasteiger partial charge on any atom is 0.0868 e. The molecule has 7 heteroatoms. The Morgan fingerprint density at radius 2 is 1.12 bits per heavy atom. The molecule has 0 bridgehead atoms. The molecule has 25 heavy (non-hydrogen) atoms. The highest BCUT2D eigenvalue weighted by Crippen LogP contribution is 2.20. The topological polar surface area (TPSA) is 115 Å². The monoisotopic (exact) mass is 340 g/mol. The lowest BCUT2D eigenvalue weighted by Crippen LogP contribution is -1.92. The van der Waals surface area contributed by atoms with E-state index in [-0.39, 0.29) is 5.48 Å². The quantitative estimate of drug-likeness (QED) is 0.582. The van der Waals surface area contributed by atoms with E-state index in [4.69, 9.17) is 0 Å². The molecule has 0 aliphatic rings. The molecule has 4 aromatic rings. The van der Waals surface area contributed by atoms with Gasteiger partial charge in [-0.15, -0.1) is 0 Å². The van der Waals surface area contributed by atoms with E-state index in [0.29, 0.717) is 11.8 Å². The highest BCUT2D eigenvalue weighted by atomic mass is 16.0. The van der Waals surface area contributed by atoms with Gasteiger partial charge in [0.15, 0.2) is 0 Å². The Bertz CT molecular complexity index is 863. The van der Waals surface area contributed by atoms with Gasteiger partial charge in [-0.3, -0.25) is 20.2 Å². The summed E-state index contributed by atoms with van der Waals surface area (Å²) in [5.74, 6) is 0.878. The zero-order valence-corrected chi connectivity index (χ0v) is 14.9. The van der Waals surface area contributed by atoms with Gasteiger partial charge in [-0.1, -0.05) is 27.7 Å². The molecule has 0 aliphatic carbocycles. The van der Waals surface area contributed by atoms with Crippen molar-refractivity contribution in [2.24, 2.45) is 0 Å². The van der Waals surface area contributed by atoms with E-state index in [9.17, 15) is 0 Å². The number of aromatic amines is 2. The van der Waals surface area contributed by atoms with Crippen molar-refractivity contribution in [2.75, 3.05) is 0 Å². The van der Waals surface area contributed by atoms with Crippen molar-refractivity contribution in [2.45, 2.75) is 39.5 Å². The van der Waals surface area contributed by atoms with Crippen molar-refractivity contribution >= 4 is 21.8 Å². The van der Waals surface area contributed by atoms with E-state index >= 15 is 0 Å². The number of rotatable bonds is 2. The number of fused-ring (bicyclic) bond motifs is 2. The zero-order valence-electron chi connectivity index (χ0n) is 14.9. The van der Waals surface area contributed by atoms with Gasteiger partial charge < -0.3 is 5.48 Å². The molecule has 0 aromatic carbocycles. The molecule has 0 spiro atoms. The van der Waals surface area contributed by atoms with Gasteiger partial charge in [0.1, 0.15) is 0 Å². The van der Waals surface area contributed by atoms with Crippen LogP contribution >= 0.6 is 0 Å². The van der Waals surface area contributed by atoms with Crippen LogP contribution in [0.1, 0.15) is 50.9 Å². The molecular formula is C18H24N6O. The Morgan fingerprint density at radius 3 is 1.48 bits per heavy atom. The summed E-state index contributed by atoms with van der Waals surface area (Å²) in [6.07, 6.45) is 7.30. The minimum Gasteiger partial charge on any atom is -0.412 e.